The molecule has 0 aliphatic carbocycles. The van der Waals surface area contributed by atoms with Crippen LogP contribution in [-0.4, -0.2) is 17.1 Å². The summed E-state index contributed by atoms with van der Waals surface area (Å²) in [7, 11) is 0. The van der Waals surface area contributed by atoms with Crippen LogP contribution in [0.2, 0.25) is 0 Å². The number of benzene rings is 2. The second-order valence-electron chi connectivity index (χ2n) is 8.13. The number of fused-ring (bicyclic) bond motifs is 1. The van der Waals surface area contributed by atoms with Crippen molar-refractivity contribution in [1.82, 2.24) is 4.57 Å². The van der Waals surface area contributed by atoms with E-state index in [1.165, 1.54) is 22.7 Å². The fourth-order valence-corrected chi connectivity index (χ4v) is 5.99. The zero-order chi connectivity index (χ0) is 25.1. The lowest BCUT2D eigenvalue weighted by Crippen LogP contribution is -2.39. The molecule has 0 radical (unpaired) electrons. The predicted octanol–water partition coefficient (Wildman–Crippen LogP) is 4.44. The molecule has 36 heavy (non-hydrogen) atoms. The van der Waals surface area contributed by atoms with Crippen molar-refractivity contribution in [2.24, 2.45) is 4.99 Å². The Balaban J connectivity index is 1.59. The monoisotopic (exact) mass is 516 g/mol. The zero-order valence-corrected chi connectivity index (χ0v) is 21.5. The van der Waals surface area contributed by atoms with Crippen molar-refractivity contribution in [2.45, 2.75) is 26.5 Å². The van der Waals surface area contributed by atoms with Crippen LogP contribution in [0.15, 0.2) is 93.2 Å². The Morgan fingerprint density at radius 3 is 2.61 bits per heavy atom. The fourth-order valence-electron chi connectivity index (χ4n) is 4.13. The van der Waals surface area contributed by atoms with Gasteiger partial charge in [0.15, 0.2) is 4.80 Å². The van der Waals surface area contributed by atoms with E-state index in [4.69, 9.17) is 9.47 Å². The summed E-state index contributed by atoms with van der Waals surface area (Å²) in [4.78, 5) is 33.2. The highest BCUT2D eigenvalue weighted by Gasteiger charge is 2.34. The van der Waals surface area contributed by atoms with Crippen molar-refractivity contribution in [1.29, 1.82) is 0 Å². The van der Waals surface area contributed by atoms with Crippen LogP contribution >= 0.6 is 22.7 Å². The maximum atomic E-state index is 13.7. The van der Waals surface area contributed by atoms with E-state index >= 15 is 0 Å². The topological polar surface area (TPSA) is 69.9 Å². The molecule has 8 heteroatoms. The summed E-state index contributed by atoms with van der Waals surface area (Å²) in [5, 5.41) is 1.94. The van der Waals surface area contributed by atoms with Crippen LogP contribution in [-0.2, 0) is 16.1 Å². The van der Waals surface area contributed by atoms with Crippen molar-refractivity contribution in [3.05, 3.63) is 119 Å². The molecule has 5 rings (SSSR count). The normalized spacial score (nSPS) is 15.4. The van der Waals surface area contributed by atoms with Crippen LogP contribution in [0, 0.1) is 0 Å². The first-order valence-electron chi connectivity index (χ1n) is 11.6. The van der Waals surface area contributed by atoms with Crippen LogP contribution in [0.3, 0.4) is 0 Å². The van der Waals surface area contributed by atoms with Gasteiger partial charge in [-0.15, -0.1) is 11.3 Å². The number of esters is 1. The largest absolute Gasteiger partial charge is 0.493 e. The molecule has 0 spiro atoms. The van der Waals surface area contributed by atoms with Crippen molar-refractivity contribution in [3.63, 3.8) is 0 Å². The molecular weight excluding hydrogens is 492 g/mol. The van der Waals surface area contributed by atoms with Crippen molar-refractivity contribution in [2.75, 3.05) is 6.61 Å². The summed E-state index contributed by atoms with van der Waals surface area (Å²) >= 11 is 2.80. The Morgan fingerprint density at radius 2 is 1.86 bits per heavy atom. The third-order valence-electron chi connectivity index (χ3n) is 5.77. The smallest absolute Gasteiger partial charge is 0.338 e. The number of thiophene rings is 1. The fraction of sp³-hybridized carbons (Fsp3) is 0.179. The molecule has 2 aromatic heterocycles. The number of thiazole rings is 1. The second kappa shape index (κ2) is 10.5. The van der Waals surface area contributed by atoms with Gasteiger partial charge in [-0.2, -0.15) is 0 Å². The quantitative estimate of drug-likeness (QED) is 0.341. The lowest BCUT2D eigenvalue weighted by molar-refractivity contribution is -0.140. The van der Waals surface area contributed by atoms with Crippen LogP contribution < -0.4 is 19.6 Å². The number of rotatable bonds is 7. The average Bonchev–Trinajstić information content (AvgIpc) is 3.52. The predicted molar refractivity (Wildman–Crippen MR) is 142 cm³/mol. The molecule has 1 aliphatic heterocycles. The number of para-hydroxylation sites is 1. The van der Waals surface area contributed by atoms with E-state index in [9.17, 15) is 9.59 Å². The van der Waals surface area contributed by atoms with Gasteiger partial charge in [0.1, 0.15) is 18.4 Å². The molecule has 2 aromatic carbocycles. The zero-order valence-electron chi connectivity index (χ0n) is 19.8. The van der Waals surface area contributed by atoms with Crippen LogP contribution in [0.1, 0.15) is 35.9 Å². The van der Waals surface area contributed by atoms with E-state index in [0.29, 0.717) is 33.0 Å². The van der Waals surface area contributed by atoms with Gasteiger partial charge in [-0.05, 0) is 43.0 Å². The molecule has 4 aromatic rings. The molecule has 0 bridgehead atoms. The standard InChI is InChI=1S/C28H24N2O4S2/c1-3-33-21-13-8-7-12-20(21)16-23-26(31)30-25(22-14-9-15-35-22)24(18(2)29-28(30)36-23)27(32)34-17-19-10-5-4-6-11-19/h4-16,25H,3,17H2,1-2H3. The van der Waals surface area contributed by atoms with Crippen molar-refractivity contribution in [3.8, 4) is 5.75 Å². The summed E-state index contributed by atoms with van der Waals surface area (Å²) in [6, 6.07) is 20.4. The SMILES string of the molecule is CCOc1ccccc1C=c1sc2n(c1=O)C(c1cccs1)C(C(=O)OCc1ccccc1)=C(C)N=2. The summed E-state index contributed by atoms with van der Waals surface area (Å²) in [5.41, 5.74) is 2.43. The Morgan fingerprint density at radius 1 is 1.08 bits per heavy atom. The Bertz CT molecular complexity index is 1600. The minimum absolute atomic E-state index is 0.145. The summed E-state index contributed by atoms with van der Waals surface area (Å²) in [5.74, 6) is 0.233. The van der Waals surface area contributed by atoms with Crippen LogP contribution in [0.25, 0.3) is 6.08 Å². The Kier molecular flexibility index (Phi) is 6.97. The first-order chi connectivity index (χ1) is 17.6. The van der Waals surface area contributed by atoms with Gasteiger partial charge >= 0.3 is 5.97 Å². The highest BCUT2D eigenvalue weighted by atomic mass is 32.1. The maximum Gasteiger partial charge on any atom is 0.338 e. The number of carbonyl (C=O) groups is 1. The number of ether oxygens (including phenoxy) is 2. The average molecular weight is 517 g/mol. The Labute approximate surface area is 216 Å². The van der Waals surface area contributed by atoms with Crippen molar-refractivity contribution >= 4 is 34.7 Å². The molecule has 3 heterocycles. The third kappa shape index (κ3) is 4.69. The molecule has 1 unspecified atom stereocenters. The molecule has 1 aliphatic rings. The van der Waals surface area contributed by atoms with Gasteiger partial charge in [-0.3, -0.25) is 9.36 Å². The molecule has 1 atom stereocenters. The van der Waals surface area contributed by atoms with E-state index in [1.807, 2.05) is 85.1 Å². The van der Waals surface area contributed by atoms with Gasteiger partial charge in [0.25, 0.3) is 5.56 Å². The Hall–Kier alpha value is -3.75. The van der Waals surface area contributed by atoms with E-state index in [2.05, 4.69) is 4.99 Å². The van der Waals surface area contributed by atoms with E-state index in [0.717, 1.165) is 16.0 Å². The first-order valence-corrected chi connectivity index (χ1v) is 13.2. The lowest BCUT2D eigenvalue weighted by Gasteiger charge is -2.23. The van der Waals surface area contributed by atoms with Gasteiger partial charge in [0.05, 0.1) is 22.4 Å². The summed E-state index contributed by atoms with van der Waals surface area (Å²) in [6.45, 7) is 4.39. The number of aromatic nitrogens is 1. The molecule has 6 nitrogen and oxygen atoms in total. The lowest BCUT2D eigenvalue weighted by atomic mass is 10.0. The molecular formula is C28H24N2O4S2. The number of hydrogen-bond donors (Lipinski definition) is 0. The summed E-state index contributed by atoms with van der Waals surface area (Å²) in [6.07, 6.45) is 1.83. The van der Waals surface area contributed by atoms with Gasteiger partial charge < -0.3 is 9.47 Å². The second-order valence-corrected chi connectivity index (χ2v) is 10.1. The maximum absolute atomic E-state index is 13.7. The van der Waals surface area contributed by atoms with E-state index in [-0.39, 0.29) is 12.2 Å². The highest BCUT2D eigenvalue weighted by Crippen LogP contribution is 2.33. The minimum Gasteiger partial charge on any atom is -0.493 e. The molecule has 0 saturated carbocycles. The van der Waals surface area contributed by atoms with Crippen molar-refractivity contribution < 1.29 is 14.3 Å². The summed E-state index contributed by atoms with van der Waals surface area (Å²) < 4.78 is 13.5. The molecule has 0 N–H and O–H groups in total. The number of carbonyl (C=O) groups excluding carboxylic acids is 1. The number of hydrogen-bond acceptors (Lipinski definition) is 7. The molecule has 0 fully saturated rings. The number of allylic oxidation sites excluding steroid dienone is 1. The van der Waals surface area contributed by atoms with Crippen LogP contribution in [0.4, 0.5) is 0 Å². The van der Waals surface area contributed by atoms with Gasteiger partial charge in [-0.1, -0.05) is 65.9 Å². The molecule has 0 amide bonds. The molecule has 0 saturated heterocycles. The number of nitrogens with zero attached hydrogens (tertiary/aromatic N) is 2. The molecule has 182 valence electrons. The van der Waals surface area contributed by atoms with E-state index in [1.54, 1.807) is 11.5 Å². The van der Waals surface area contributed by atoms with Gasteiger partial charge in [-0.25, -0.2) is 9.79 Å². The van der Waals surface area contributed by atoms with E-state index < -0.39 is 12.0 Å². The van der Waals surface area contributed by atoms with Gasteiger partial charge in [0.2, 0.25) is 0 Å². The minimum atomic E-state index is -0.603. The first kappa shape index (κ1) is 24.0. The third-order valence-corrected chi connectivity index (χ3v) is 7.68. The van der Waals surface area contributed by atoms with Gasteiger partial charge in [0, 0.05) is 10.4 Å². The highest BCUT2D eigenvalue weighted by molar-refractivity contribution is 7.10. The van der Waals surface area contributed by atoms with Crippen LogP contribution in [0.5, 0.6) is 5.75 Å².